The lowest BCUT2D eigenvalue weighted by atomic mass is 10.1. The normalized spacial score (nSPS) is 11.7. The Labute approximate surface area is 206 Å². The maximum Gasteiger partial charge on any atom is 0.264 e. The van der Waals surface area contributed by atoms with Crippen LogP contribution in [0.1, 0.15) is 12.5 Å². The zero-order valence-corrected chi connectivity index (χ0v) is 21.0. The first kappa shape index (κ1) is 24.8. The van der Waals surface area contributed by atoms with Crippen molar-refractivity contribution in [2.24, 2.45) is 5.10 Å². The van der Waals surface area contributed by atoms with Crippen LogP contribution in [0.25, 0.3) is 0 Å². The van der Waals surface area contributed by atoms with E-state index in [4.69, 9.17) is 16.3 Å². The van der Waals surface area contributed by atoms with Crippen molar-refractivity contribution in [3.63, 3.8) is 0 Å². The van der Waals surface area contributed by atoms with Gasteiger partial charge >= 0.3 is 0 Å². The van der Waals surface area contributed by atoms with Gasteiger partial charge in [-0.15, -0.1) is 0 Å². The number of carbonyl (C=O) groups excluding carboxylic acids is 1. The summed E-state index contributed by atoms with van der Waals surface area (Å²) in [6.45, 7) is 1.20. The van der Waals surface area contributed by atoms with Crippen LogP contribution in [-0.2, 0) is 14.8 Å². The van der Waals surface area contributed by atoms with Crippen molar-refractivity contribution >= 4 is 54.9 Å². The summed E-state index contributed by atoms with van der Waals surface area (Å²) in [7, 11) is -2.71. The number of hydrogen-bond acceptors (Lipinski definition) is 5. The molecule has 0 bridgehead atoms. The van der Waals surface area contributed by atoms with Crippen molar-refractivity contribution < 1.29 is 17.9 Å². The van der Waals surface area contributed by atoms with Crippen molar-refractivity contribution in [1.29, 1.82) is 0 Å². The van der Waals surface area contributed by atoms with E-state index in [9.17, 15) is 13.2 Å². The second-order valence-corrected chi connectivity index (χ2v) is 10.1. The Kier molecular flexibility index (Phi) is 8.12. The zero-order valence-electron chi connectivity index (χ0n) is 17.8. The van der Waals surface area contributed by atoms with Gasteiger partial charge in [0.25, 0.3) is 15.9 Å². The standard InChI is InChI=1S/C23H21BrClN3O4S/c1-16(17-8-10-18(24)11-9-17)26-27-23(29)15-28(21-14-19(25)12-13-22(21)32-2)33(30,31)20-6-4-3-5-7-20/h3-14H,15H2,1-2H3,(H,27,29)/b26-16-. The molecule has 1 amide bonds. The number of rotatable bonds is 8. The Morgan fingerprint density at radius 2 is 1.76 bits per heavy atom. The lowest BCUT2D eigenvalue weighted by Gasteiger charge is -2.25. The molecule has 0 aliphatic rings. The van der Waals surface area contributed by atoms with Crippen molar-refractivity contribution in [1.82, 2.24) is 5.43 Å². The summed E-state index contributed by atoms with van der Waals surface area (Å²) in [5.74, 6) is -0.380. The SMILES string of the molecule is COc1ccc(Cl)cc1N(CC(=O)N/N=C(/C)c1ccc(Br)cc1)S(=O)(=O)c1ccccc1. The van der Waals surface area contributed by atoms with Gasteiger partial charge in [0, 0.05) is 9.50 Å². The van der Waals surface area contributed by atoms with Gasteiger partial charge in [-0.05, 0) is 55.0 Å². The number of carbonyl (C=O) groups is 1. The average molecular weight is 551 g/mol. The number of nitrogens with one attached hydrogen (secondary N) is 1. The van der Waals surface area contributed by atoms with Crippen LogP contribution < -0.4 is 14.5 Å². The smallest absolute Gasteiger partial charge is 0.264 e. The topological polar surface area (TPSA) is 88.1 Å². The summed E-state index contributed by atoms with van der Waals surface area (Å²) < 4.78 is 34.1. The van der Waals surface area contributed by atoms with Gasteiger partial charge < -0.3 is 4.74 Å². The van der Waals surface area contributed by atoms with Crippen LogP contribution in [0, 0.1) is 0 Å². The summed E-state index contributed by atoms with van der Waals surface area (Å²) in [5, 5.41) is 4.40. The zero-order chi connectivity index (χ0) is 24.0. The van der Waals surface area contributed by atoms with Gasteiger partial charge in [-0.2, -0.15) is 5.10 Å². The molecular weight excluding hydrogens is 530 g/mol. The molecule has 0 heterocycles. The third kappa shape index (κ3) is 6.13. The molecule has 3 rings (SSSR count). The Bertz CT molecular complexity index is 1270. The highest BCUT2D eigenvalue weighted by Gasteiger charge is 2.29. The largest absolute Gasteiger partial charge is 0.495 e. The first-order valence-corrected chi connectivity index (χ1v) is 12.3. The Morgan fingerprint density at radius 3 is 2.39 bits per heavy atom. The Hall–Kier alpha value is -2.88. The molecule has 0 saturated carbocycles. The van der Waals surface area contributed by atoms with Crippen LogP contribution in [0.15, 0.2) is 87.3 Å². The fourth-order valence-corrected chi connectivity index (χ4v) is 4.82. The summed E-state index contributed by atoms with van der Waals surface area (Å²) in [4.78, 5) is 12.8. The number of benzene rings is 3. The molecule has 0 aliphatic heterocycles. The number of hydrazone groups is 1. The van der Waals surface area contributed by atoms with Gasteiger partial charge in [0.15, 0.2) is 0 Å². The van der Waals surface area contributed by atoms with Crippen LogP contribution >= 0.6 is 27.5 Å². The van der Waals surface area contributed by atoms with Crippen molar-refractivity contribution in [2.75, 3.05) is 18.0 Å². The summed E-state index contributed by atoms with van der Waals surface area (Å²) in [6.07, 6.45) is 0. The number of sulfonamides is 1. The van der Waals surface area contributed by atoms with Gasteiger partial charge in [-0.1, -0.05) is 57.9 Å². The van der Waals surface area contributed by atoms with Crippen LogP contribution in [0.3, 0.4) is 0 Å². The first-order valence-electron chi connectivity index (χ1n) is 9.73. The molecule has 1 N–H and O–H groups in total. The molecule has 10 heteroatoms. The second kappa shape index (κ2) is 10.8. The third-order valence-corrected chi connectivity index (χ3v) is 7.18. The van der Waals surface area contributed by atoms with Crippen LogP contribution in [-0.4, -0.2) is 33.7 Å². The lowest BCUT2D eigenvalue weighted by molar-refractivity contribution is -0.119. The number of hydrogen-bond donors (Lipinski definition) is 1. The van der Waals surface area contributed by atoms with E-state index in [0.717, 1.165) is 14.3 Å². The molecule has 33 heavy (non-hydrogen) atoms. The minimum atomic E-state index is -4.11. The first-order chi connectivity index (χ1) is 15.7. The third-order valence-electron chi connectivity index (χ3n) is 4.64. The van der Waals surface area contributed by atoms with E-state index in [1.165, 1.54) is 25.3 Å². The average Bonchev–Trinajstić information content (AvgIpc) is 2.82. The molecule has 172 valence electrons. The lowest BCUT2D eigenvalue weighted by Crippen LogP contribution is -2.40. The number of halogens is 2. The molecule has 0 aromatic heterocycles. The van der Waals surface area contributed by atoms with Crippen LogP contribution in [0.5, 0.6) is 5.75 Å². The molecule has 3 aromatic rings. The van der Waals surface area contributed by atoms with Gasteiger partial charge in [-0.3, -0.25) is 9.10 Å². The van der Waals surface area contributed by atoms with E-state index < -0.39 is 22.5 Å². The number of anilines is 1. The van der Waals surface area contributed by atoms with Crippen LogP contribution in [0.4, 0.5) is 5.69 Å². The summed E-state index contributed by atoms with van der Waals surface area (Å²) >= 11 is 9.50. The molecule has 3 aromatic carbocycles. The molecule has 0 radical (unpaired) electrons. The van der Waals surface area contributed by atoms with E-state index in [1.807, 2.05) is 24.3 Å². The summed E-state index contributed by atoms with van der Waals surface area (Å²) in [5.41, 5.74) is 3.94. The van der Waals surface area contributed by atoms with Crippen molar-refractivity contribution in [2.45, 2.75) is 11.8 Å². The molecule has 0 spiro atoms. The molecule has 0 saturated heterocycles. The van der Waals surface area contributed by atoms with Gasteiger partial charge in [0.05, 0.1) is 23.4 Å². The minimum absolute atomic E-state index is 0.0226. The highest BCUT2D eigenvalue weighted by atomic mass is 79.9. The predicted octanol–water partition coefficient (Wildman–Crippen LogP) is 4.85. The Morgan fingerprint density at radius 1 is 1.09 bits per heavy atom. The molecule has 0 aliphatic carbocycles. The number of amides is 1. The number of ether oxygens (including phenoxy) is 1. The predicted molar refractivity (Wildman–Crippen MR) is 133 cm³/mol. The highest BCUT2D eigenvalue weighted by Crippen LogP contribution is 2.34. The maximum absolute atomic E-state index is 13.4. The molecular formula is C23H21BrClN3O4S. The highest BCUT2D eigenvalue weighted by molar-refractivity contribution is 9.10. The fraction of sp³-hybridized carbons (Fsp3) is 0.130. The minimum Gasteiger partial charge on any atom is -0.495 e. The summed E-state index contributed by atoms with van der Waals surface area (Å²) in [6, 6.07) is 19.8. The van der Waals surface area contributed by atoms with Crippen molar-refractivity contribution in [3.8, 4) is 5.75 Å². The maximum atomic E-state index is 13.4. The van der Waals surface area contributed by atoms with E-state index in [-0.39, 0.29) is 16.3 Å². The van der Waals surface area contributed by atoms with E-state index in [0.29, 0.717) is 10.7 Å². The van der Waals surface area contributed by atoms with Gasteiger partial charge in [0.1, 0.15) is 12.3 Å². The number of methoxy groups -OCH3 is 1. The van der Waals surface area contributed by atoms with Crippen LogP contribution in [0.2, 0.25) is 5.02 Å². The quantitative estimate of drug-likeness (QED) is 0.321. The van der Waals surface area contributed by atoms with E-state index >= 15 is 0 Å². The van der Waals surface area contributed by atoms with Gasteiger partial charge in [0.2, 0.25) is 0 Å². The van der Waals surface area contributed by atoms with E-state index in [1.54, 1.807) is 37.3 Å². The van der Waals surface area contributed by atoms with E-state index in [2.05, 4.69) is 26.5 Å². The molecule has 0 fully saturated rings. The molecule has 0 atom stereocenters. The number of nitrogens with zero attached hydrogens (tertiary/aromatic N) is 2. The molecule has 0 unspecified atom stereocenters. The fourth-order valence-electron chi connectivity index (χ4n) is 2.94. The van der Waals surface area contributed by atoms with Crippen molar-refractivity contribution in [3.05, 3.63) is 87.9 Å². The second-order valence-electron chi connectivity index (χ2n) is 6.88. The van der Waals surface area contributed by atoms with Gasteiger partial charge in [-0.25, -0.2) is 13.8 Å². The Balaban J connectivity index is 1.93. The molecule has 7 nitrogen and oxygen atoms in total. The monoisotopic (exact) mass is 549 g/mol.